The second-order valence-electron chi connectivity index (χ2n) is 3.80. The molecular weight excluding hydrogens is 268 g/mol. The SMILES string of the molecule is N[C@H](CNS(=O)(=O)c1cccs1)c1ccccc1. The average Bonchev–Trinajstić information content (AvgIpc) is 2.92. The van der Waals surface area contributed by atoms with Crippen molar-refractivity contribution in [1.29, 1.82) is 0 Å². The van der Waals surface area contributed by atoms with Crippen LogP contribution < -0.4 is 10.5 Å². The summed E-state index contributed by atoms with van der Waals surface area (Å²) in [6.45, 7) is 0.185. The fourth-order valence-electron chi connectivity index (χ4n) is 1.51. The van der Waals surface area contributed by atoms with Crippen LogP contribution >= 0.6 is 11.3 Å². The molecule has 2 rings (SSSR count). The summed E-state index contributed by atoms with van der Waals surface area (Å²) in [4.78, 5) is 0. The fourth-order valence-corrected chi connectivity index (χ4v) is 3.60. The van der Waals surface area contributed by atoms with Crippen LogP contribution in [0.25, 0.3) is 0 Å². The molecule has 0 amide bonds. The average molecular weight is 282 g/mol. The van der Waals surface area contributed by atoms with Crippen LogP contribution in [0.15, 0.2) is 52.1 Å². The predicted molar refractivity (Wildman–Crippen MR) is 72.9 cm³/mol. The highest BCUT2D eigenvalue weighted by Gasteiger charge is 2.16. The van der Waals surface area contributed by atoms with E-state index >= 15 is 0 Å². The van der Waals surface area contributed by atoms with Gasteiger partial charge in [0, 0.05) is 12.6 Å². The Morgan fingerprint density at radius 2 is 1.89 bits per heavy atom. The largest absolute Gasteiger partial charge is 0.323 e. The number of thiophene rings is 1. The molecule has 0 saturated carbocycles. The van der Waals surface area contributed by atoms with Crippen molar-refractivity contribution in [2.75, 3.05) is 6.54 Å². The smallest absolute Gasteiger partial charge is 0.250 e. The van der Waals surface area contributed by atoms with E-state index in [1.807, 2.05) is 30.3 Å². The van der Waals surface area contributed by atoms with Crippen molar-refractivity contribution in [1.82, 2.24) is 4.72 Å². The van der Waals surface area contributed by atoms with Crippen molar-refractivity contribution in [3.63, 3.8) is 0 Å². The van der Waals surface area contributed by atoms with Gasteiger partial charge in [-0.1, -0.05) is 36.4 Å². The topological polar surface area (TPSA) is 72.2 Å². The van der Waals surface area contributed by atoms with Crippen molar-refractivity contribution < 1.29 is 8.42 Å². The Labute approximate surface area is 111 Å². The molecule has 0 fully saturated rings. The molecule has 0 aliphatic rings. The van der Waals surface area contributed by atoms with Gasteiger partial charge in [0.25, 0.3) is 0 Å². The van der Waals surface area contributed by atoms with E-state index in [9.17, 15) is 8.42 Å². The number of benzene rings is 1. The highest BCUT2D eigenvalue weighted by Crippen LogP contribution is 2.16. The van der Waals surface area contributed by atoms with E-state index in [-0.39, 0.29) is 12.6 Å². The predicted octanol–water partition coefficient (Wildman–Crippen LogP) is 1.73. The van der Waals surface area contributed by atoms with Gasteiger partial charge in [0.1, 0.15) is 4.21 Å². The zero-order chi connectivity index (χ0) is 13.0. The first kappa shape index (κ1) is 13.2. The van der Waals surface area contributed by atoms with Crippen LogP contribution in [0.1, 0.15) is 11.6 Å². The number of hydrogen-bond acceptors (Lipinski definition) is 4. The molecule has 0 aliphatic carbocycles. The van der Waals surface area contributed by atoms with Crippen LogP contribution in [-0.2, 0) is 10.0 Å². The summed E-state index contributed by atoms with van der Waals surface area (Å²) in [5, 5.41) is 1.73. The minimum Gasteiger partial charge on any atom is -0.323 e. The van der Waals surface area contributed by atoms with Crippen LogP contribution in [0.5, 0.6) is 0 Å². The van der Waals surface area contributed by atoms with E-state index in [0.717, 1.165) is 5.56 Å². The lowest BCUT2D eigenvalue weighted by atomic mass is 10.1. The summed E-state index contributed by atoms with van der Waals surface area (Å²) in [7, 11) is -3.43. The summed E-state index contributed by atoms with van der Waals surface area (Å²) in [6, 6.07) is 12.3. The normalized spacial score (nSPS) is 13.4. The first-order valence-electron chi connectivity index (χ1n) is 5.43. The van der Waals surface area contributed by atoms with Gasteiger partial charge in [-0.05, 0) is 17.0 Å². The Hall–Kier alpha value is -1.21. The van der Waals surface area contributed by atoms with Gasteiger partial charge in [-0.25, -0.2) is 13.1 Å². The van der Waals surface area contributed by atoms with E-state index in [0.29, 0.717) is 4.21 Å². The zero-order valence-corrected chi connectivity index (χ0v) is 11.2. The maximum absolute atomic E-state index is 11.9. The molecule has 0 radical (unpaired) electrons. The monoisotopic (exact) mass is 282 g/mol. The molecule has 0 aliphatic heterocycles. The molecule has 0 bridgehead atoms. The summed E-state index contributed by atoms with van der Waals surface area (Å²) >= 11 is 1.19. The molecule has 2 aromatic rings. The van der Waals surface area contributed by atoms with Crippen molar-refractivity contribution in [3.8, 4) is 0 Å². The molecule has 1 heterocycles. The Kier molecular flexibility index (Phi) is 4.13. The van der Waals surface area contributed by atoms with E-state index in [2.05, 4.69) is 4.72 Å². The highest BCUT2D eigenvalue weighted by atomic mass is 32.2. The molecule has 0 spiro atoms. The molecular formula is C12H14N2O2S2. The fraction of sp³-hybridized carbons (Fsp3) is 0.167. The molecule has 1 aromatic carbocycles. The number of sulfonamides is 1. The molecule has 4 nitrogen and oxygen atoms in total. The summed E-state index contributed by atoms with van der Waals surface area (Å²) in [5.41, 5.74) is 6.84. The first-order valence-corrected chi connectivity index (χ1v) is 7.79. The van der Waals surface area contributed by atoms with Crippen LogP contribution in [-0.4, -0.2) is 15.0 Å². The number of rotatable bonds is 5. The second kappa shape index (κ2) is 5.62. The molecule has 1 aromatic heterocycles. The number of nitrogens with two attached hydrogens (primary N) is 1. The van der Waals surface area contributed by atoms with Gasteiger partial charge in [0.05, 0.1) is 0 Å². The lowest BCUT2D eigenvalue weighted by molar-refractivity contribution is 0.574. The Morgan fingerprint density at radius 3 is 2.50 bits per heavy atom. The minimum atomic E-state index is -3.43. The van der Waals surface area contributed by atoms with Gasteiger partial charge in [-0.3, -0.25) is 0 Å². The quantitative estimate of drug-likeness (QED) is 0.877. The molecule has 0 unspecified atom stereocenters. The van der Waals surface area contributed by atoms with Crippen molar-refractivity contribution in [2.24, 2.45) is 5.73 Å². The Balaban J connectivity index is 2.00. The molecule has 3 N–H and O–H groups in total. The van der Waals surface area contributed by atoms with E-state index in [4.69, 9.17) is 5.73 Å². The maximum Gasteiger partial charge on any atom is 0.250 e. The number of nitrogens with one attached hydrogen (secondary N) is 1. The zero-order valence-electron chi connectivity index (χ0n) is 9.61. The van der Waals surface area contributed by atoms with Gasteiger partial charge >= 0.3 is 0 Å². The third-order valence-corrected chi connectivity index (χ3v) is 5.30. The number of hydrogen-bond donors (Lipinski definition) is 2. The van der Waals surface area contributed by atoms with E-state index < -0.39 is 10.0 Å². The summed E-state index contributed by atoms with van der Waals surface area (Å²) < 4.78 is 26.6. The maximum atomic E-state index is 11.9. The van der Waals surface area contributed by atoms with Crippen molar-refractivity contribution in [2.45, 2.75) is 10.3 Å². The van der Waals surface area contributed by atoms with Gasteiger partial charge in [-0.15, -0.1) is 11.3 Å². The summed E-state index contributed by atoms with van der Waals surface area (Å²) in [6.07, 6.45) is 0. The Bertz CT molecular complexity index is 580. The molecule has 6 heteroatoms. The third-order valence-electron chi connectivity index (χ3n) is 2.48. The molecule has 0 saturated heterocycles. The van der Waals surface area contributed by atoms with Crippen LogP contribution in [0.4, 0.5) is 0 Å². The lowest BCUT2D eigenvalue weighted by Crippen LogP contribution is -2.31. The van der Waals surface area contributed by atoms with Gasteiger partial charge < -0.3 is 5.73 Å². The van der Waals surface area contributed by atoms with Gasteiger partial charge in [-0.2, -0.15) is 0 Å². The molecule has 96 valence electrons. The van der Waals surface area contributed by atoms with Crippen molar-refractivity contribution >= 4 is 21.4 Å². The highest BCUT2D eigenvalue weighted by molar-refractivity contribution is 7.91. The van der Waals surface area contributed by atoms with Gasteiger partial charge in [0.15, 0.2) is 0 Å². The Morgan fingerprint density at radius 1 is 1.17 bits per heavy atom. The lowest BCUT2D eigenvalue weighted by Gasteiger charge is -2.12. The van der Waals surface area contributed by atoms with Crippen LogP contribution in [0, 0.1) is 0 Å². The molecule has 18 heavy (non-hydrogen) atoms. The van der Waals surface area contributed by atoms with Crippen LogP contribution in [0.2, 0.25) is 0 Å². The second-order valence-corrected chi connectivity index (χ2v) is 6.74. The molecule has 1 atom stereocenters. The first-order chi connectivity index (χ1) is 8.59. The minimum absolute atomic E-state index is 0.185. The summed E-state index contributed by atoms with van der Waals surface area (Å²) in [5.74, 6) is 0. The standard InChI is InChI=1S/C12H14N2O2S2/c13-11(10-5-2-1-3-6-10)9-14-18(15,16)12-7-4-8-17-12/h1-8,11,14H,9,13H2/t11-/m1/s1. The van der Waals surface area contributed by atoms with E-state index in [1.165, 1.54) is 11.3 Å². The van der Waals surface area contributed by atoms with Crippen molar-refractivity contribution in [3.05, 3.63) is 53.4 Å². The van der Waals surface area contributed by atoms with Gasteiger partial charge in [0.2, 0.25) is 10.0 Å². The van der Waals surface area contributed by atoms with E-state index in [1.54, 1.807) is 17.5 Å². The van der Waals surface area contributed by atoms with Crippen LogP contribution in [0.3, 0.4) is 0 Å². The third kappa shape index (κ3) is 3.17.